The standard InChI is InChI=1S/C23H29N3O4/c1-6-26-19-10-8-7-9-16(19)17-13-15(11-12-20(17)26)24-21(27)18(14-29-5)25-22(28)30-23(2,3)4/h7-13,18H,6,14H2,1-5H3,(H,24,27)(H,25,28). The zero-order valence-corrected chi connectivity index (χ0v) is 18.1. The van der Waals surface area contributed by atoms with Crippen LogP contribution in [-0.2, 0) is 20.8 Å². The number of alkyl carbamates (subject to hydrolysis) is 1. The van der Waals surface area contributed by atoms with Crippen LogP contribution >= 0.6 is 0 Å². The lowest BCUT2D eigenvalue weighted by Gasteiger charge is -2.23. The molecule has 0 saturated carbocycles. The molecule has 1 atom stereocenters. The quantitative estimate of drug-likeness (QED) is 0.634. The van der Waals surface area contributed by atoms with Crippen molar-refractivity contribution >= 4 is 39.5 Å². The maximum Gasteiger partial charge on any atom is 0.408 e. The smallest absolute Gasteiger partial charge is 0.408 e. The third-order valence-corrected chi connectivity index (χ3v) is 4.70. The molecule has 7 heteroatoms. The van der Waals surface area contributed by atoms with Gasteiger partial charge in [0, 0.05) is 41.1 Å². The van der Waals surface area contributed by atoms with Gasteiger partial charge >= 0.3 is 6.09 Å². The summed E-state index contributed by atoms with van der Waals surface area (Å²) in [5, 5.41) is 7.65. The van der Waals surface area contributed by atoms with Crippen LogP contribution in [0.15, 0.2) is 42.5 Å². The summed E-state index contributed by atoms with van der Waals surface area (Å²) in [4.78, 5) is 24.9. The first-order valence-electron chi connectivity index (χ1n) is 10.0. The van der Waals surface area contributed by atoms with Crippen molar-refractivity contribution in [2.45, 2.75) is 45.9 Å². The van der Waals surface area contributed by atoms with Gasteiger partial charge in [-0.3, -0.25) is 4.79 Å². The summed E-state index contributed by atoms with van der Waals surface area (Å²) < 4.78 is 12.6. The number of anilines is 1. The Morgan fingerprint density at radius 3 is 2.43 bits per heavy atom. The molecule has 0 aliphatic heterocycles. The Bertz CT molecular complexity index is 1070. The first-order valence-corrected chi connectivity index (χ1v) is 10.0. The normalized spacial score (nSPS) is 12.7. The van der Waals surface area contributed by atoms with E-state index in [2.05, 4.69) is 34.3 Å². The number of nitrogens with one attached hydrogen (secondary N) is 2. The molecule has 7 nitrogen and oxygen atoms in total. The van der Waals surface area contributed by atoms with Gasteiger partial charge in [0.05, 0.1) is 6.61 Å². The fourth-order valence-electron chi connectivity index (χ4n) is 3.50. The molecular weight excluding hydrogens is 382 g/mol. The maximum absolute atomic E-state index is 12.8. The van der Waals surface area contributed by atoms with Crippen LogP contribution in [0.1, 0.15) is 27.7 Å². The lowest BCUT2D eigenvalue weighted by molar-refractivity contribution is -0.119. The summed E-state index contributed by atoms with van der Waals surface area (Å²) in [5.74, 6) is -0.374. The Kier molecular flexibility index (Phi) is 6.31. The second-order valence-electron chi connectivity index (χ2n) is 8.14. The highest BCUT2D eigenvalue weighted by Gasteiger charge is 2.24. The molecule has 2 aromatic carbocycles. The Labute approximate surface area is 176 Å². The van der Waals surface area contributed by atoms with Crippen molar-refractivity contribution in [3.05, 3.63) is 42.5 Å². The number of benzene rings is 2. The van der Waals surface area contributed by atoms with E-state index in [1.807, 2.05) is 30.3 Å². The van der Waals surface area contributed by atoms with Gasteiger partial charge < -0.3 is 24.7 Å². The SMILES string of the molecule is CCn1c2ccccc2c2cc(NC(=O)C(COC)NC(=O)OC(C)(C)C)ccc21. The van der Waals surface area contributed by atoms with E-state index in [-0.39, 0.29) is 12.5 Å². The topological polar surface area (TPSA) is 81.6 Å². The van der Waals surface area contributed by atoms with E-state index in [0.29, 0.717) is 5.69 Å². The van der Waals surface area contributed by atoms with Gasteiger partial charge in [0.25, 0.3) is 0 Å². The van der Waals surface area contributed by atoms with Gasteiger partial charge in [-0.2, -0.15) is 0 Å². The minimum Gasteiger partial charge on any atom is -0.444 e. The van der Waals surface area contributed by atoms with E-state index in [0.717, 1.165) is 28.4 Å². The minimum atomic E-state index is -0.877. The molecule has 160 valence electrons. The Balaban J connectivity index is 1.84. The first kappa shape index (κ1) is 21.6. The number of carbonyl (C=O) groups is 2. The molecule has 2 amide bonds. The van der Waals surface area contributed by atoms with Gasteiger partial charge in [0.15, 0.2) is 0 Å². The van der Waals surface area contributed by atoms with Crippen molar-refractivity contribution in [1.82, 2.24) is 9.88 Å². The second kappa shape index (κ2) is 8.75. The molecule has 30 heavy (non-hydrogen) atoms. The molecule has 1 aromatic heterocycles. The van der Waals surface area contributed by atoms with Crippen LogP contribution in [0, 0.1) is 0 Å². The van der Waals surface area contributed by atoms with E-state index >= 15 is 0 Å². The molecule has 1 heterocycles. The molecule has 2 N–H and O–H groups in total. The third kappa shape index (κ3) is 4.74. The van der Waals surface area contributed by atoms with Crippen LogP contribution in [0.2, 0.25) is 0 Å². The fourth-order valence-corrected chi connectivity index (χ4v) is 3.50. The highest BCUT2D eigenvalue weighted by Crippen LogP contribution is 2.31. The van der Waals surface area contributed by atoms with Gasteiger partial charge in [-0.1, -0.05) is 18.2 Å². The predicted molar refractivity (Wildman–Crippen MR) is 119 cm³/mol. The molecule has 0 saturated heterocycles. The molecule has 0 spiro atoms. The molecule has 3 aromatic rings. The lowest BCUT2D eigenvalue weighted by atomic mass is 10.1. The number of amides is 2. The van der Waals surface area contributed by atoms with Gasteiger partial charge in [0.2, 0.25) is 5.91 Å². The highest BCUT2D eigenvalue weighted by molar-refractivity contribution is 6.10. The number of carbonyl (C=O) groups excluding carboxylic acids is 2. The van der Waals surface area contributed by atoms with E-state index in [4.69, 9.17) is 9.47 Å². The molecule has 0 aliphatic rings. The first-order chi connectivity index (χ1) is 14.2. The number of fused-ring (bicyclic) bond motifs is 3. The van der Waals surface area contributed by atoms with Crippen LogP contribution in [0.3, 0.4) is 0 Å². The van der Waals surface area contributed by atoms with Crippen molar-refractivity contribution in [3.63, 3.8) is 0 Å². The van der Waals surface area contributed by atoms with Crippen molar-refractivity contribution in [2.24, 2.45) is 0 Å². The van der Waals surface area contributed by atoms with Gasteiger partial charge in [0.1, 0.15) is 11.6 Å². The number of ether oxygens (including phenoxy) is 2. The van der Waals surface area contributed by atoms with Crippen molar-refractivity contribution in [3.8, 4) is 0 Å². The fraction of sp³-hybridized carbons (Fsp3) is 0.391. The van der Waals surface area contributed by atoms with Gasteiger partial charge in [-0.15, -0.1) is 0 Å². The molecule has 0 aliphatic carbocycles. The van der Waals surface area contributed by atoms with E-state index < -0.39 is 17.7 Å². The number of rotatable bonds is 6. The van der Waals surface area contributed by atoms with Crippen molar-refractivity contribution < 1.29 is 19.1 Å². The molecular formula is C23H29N3O4. The van der Waals surface area contributed by atoms with Gasteiger partial charge in [-0.25, -0.2) is 4.79 Å². The Morgan fingerprint density at radius 2 is 1.77 bits per heavy atom. The summed E-state index contributed by atoms with van der Waals surface area (Å²) >= 11 is 0. The second-order valence-corrected chi connectivity index (χ2v) is 8.14. The summed E-state index contributed by atoms with van der Waals surface area (Å²) in [5.41, 5.74) is 2.26. The van der Waals surface area contributed by atoms with Crippen LogP contribution < -0.4 is 10.6 Å². The van der Waals surface area contributed by atoms with Crippen molar-refractivity contribution in [2.75, 3.05) is 19.0 Å². The maximum atomic E-state index is 12.8. The molecule has 0 bridgehead atoms. The number of aryl methyl sites for hydroxylation is 1. The zero-order valence-electron chi connectivity index (χ0n) is 18.1. The Hall–Kier alpha value is -3.06. The molecule has 1 unspecified atom stereocenters. The summed E-state index contributed by atoms with van der Waals surface area (Å²) in [6.45, 7) is 8.28. The zero-order chi connectivity index (χ0) is 21.9. The number of nitrogens with zero attached hydrogens (tertiary/aromatic N) is 1. The monoisotopic (exact) mass is 411 g/mol. The highest BCUT2D eigenvalue weighted by atomic mass is 16.6. The summed E-state index contributed by atoms with van der Waals surface area (Å²) in [6, 6.07) is 13.1. The van der Waals surface area contributed by atoms with Crippen LogP contribution in [-0.4, -0.2) is 41.9 Å². The summed E-state index contributed by atoms with van der Waals surface area (Å²) in [7, 11) is 1.47. The number of methoxy groups -OCH3 is 1. The third-order valence-electron chi connectivity index (χ3n) is 4.70. The average molecular weight is 412 g/mol. The average Bonchev–Trinajstić information content (AvgIpc) is 2.99. The predicted octanol–water partition coefficient (Wildman–Crippen LogP) is 4.29. The molecule has 0 radical (unpaired) electrons. The number of hydrogen-bond donors (Lipinski definition) is 2. The Morgan fingerprint density at radius 1 is 1.07 bits per heavy atom. The largest absolute Gasteiger partial charge is 0.444 e. The number of hydrogen-bond acceptors (Lipinski definition) is 4. The molecule has 3 rings (SSSR count). The van der Waals surface area contributed by atoms with Crippen molar-refractivity contribution in [1.29, 1.82) is 0 Å². The van der Waals surface area contributed by atoms with Crippen LogP contribution in [0.4, 0.5) is 10.5 Å². The number of aromatic nitrogens is 1. The summed E-state index contributed by atoms with van der Waals surface area (Å²) in [6.07, 6.45) is -0.666. The van der Waals surface area contributed by atoms with E-state index in [1.54, 1.807) is 20.8 Å². The molecule has 0 fully saturated rings. The minimum absolute atomic E-state index is 0.0302. The van der Waals surface area contributed by atoms with Gasteiger partial charge in [-0.05, 0) is 52.0 Å². The van der Waals surface area contributed by atoms with E-state index in [1.165, 1.54) is 7.11 Å². The van der Waals surface area contributed by atoms with Crippen LogP contribution in [0.5, 0.6) is 0 Å². The lowest BCUT2D eigenvalue weighted by Crippen LogP contribution is -2.48. The van der Waals surface area contributed by atoms with E-state index in [9.17, 15) is 9.59 Å². The number of para-hydroxylation sites is 1. The van der Waals surface area contributed by atoms with Crippen LogP contribution in [0.25, 0.3) is 21.8 Å².